The number of nitrogens with zero attached hydrogens (tertiary/aromatic N) is 1. The molecule has 1 saturated heterocycles. The van der Waals surface area contributed by atoms with Crippen molar-refractivity contribution in [3.63, 3.8) is 0 Å². The van der Waals surface area contributed by atoms with Crippen molar-refractivity contribution in [3.05, 3.63) is 0 Å². The van der Waals surface area contributed by atoms with Gasteiger partial charge in [0.05, 0.1) is 5.92 Å². The van der Waals surface area contributed by atoms with Crippen LogP contribution in [0.25, 0.3) is 0 Å². The van der Waals surface area contributed by atoms with E-state index in [0.29, 0.717) is 12.8 Å². The Balaban J connectivity index is 2.85. The summed E-state index contributed by atoms with van der Waals surface area (Å²) < 4.78 is 5.54. The highest BCUT2D eigenvalue weighted by atomic mass is 16.6. The summed E-state index contributed by atoms with van der Waals surface area (Å²) in [7, 11) is 0. The molecule has 1 heterocycles. The van der Waals surface area contributed by atoms with Gasteiger partial charge >= 0.3 is 5.97 Å². The molecule has 0 aromatic carbocycles. The van der Waals surface area contributed by atoms with Crippen LogP contribution in [0.4, 0.5) is 0 Å². The molecule has 0 aromatic rings. The van der Waals surface area contributed by atoms with Crippen molar-refractivity contribution in [2.45, 2.75) is 78.4 Å². The van der Waals surface area contributed by atoms with Gasteiger partial charge in [-0.05, 0) is 40.0 Å². The second kappa shape index (κ2) is 7.09. The molecule has 4 heteroatoms. The summed E-state index contributed by atoms with van der Waals surface area (Å²) in [5.74, 6) is -0.195. The average Bonchev–Trinajstić information content (AvgIpc) is 2.72. The van der Waals surface area contributed by atoms with E-state index in [-0.39, 0.29) is 23.8 Å². The first-order valence-corrected chi connectivity index (χ1v) is 7.82. The number of ether oxygens (including phenoxy) is 1. The topological polar surface area (TPSA) is 46.6 Å². The van der Waals surface area contributed by atoms with Gasteiger partial charge in [-0.1, -0.05) is 20.3 Å². The minimum Gasteiger partial charge on any atom is -0.460 e. The van der Waals surface area contributed by atoms with E-state index in [2.05, 4.69) is 6.92 Å². The maximum atomic E-state index is 12.4. The fourth-order valence-corrected chi connectivity index (χ4v) is 2.86. The molecule has 1 amide bonds. The fraction of sp³-hybridized carbons (Fsp3) is 0.875. The van der Waals surface area contributed by atoms with Gasteiger partial charge in [-0.3, -0.25) is 9.59 Å². The lowest BCUT2D eigenvalue weighted by molar-refractivity contribution is -0.163. The van der Waals surface area contributed by atoms with E-state index in [1.807, 2.05) is 32.6 Å². The average molecular weight is 283 g/mol. The predicted octanol–water partition coefficient (Wildman–Crippen LogP) is 3.15. The molecule has 0 saturated carbocycles. The maximum absolute atomic E-state index is 12.4. The predicted molar refractivity (Wildman–Crippen MR) is 79.3 cm³/mol. The van der Waals surface area contributed by atoms with Gasteiger partial charge in [0, 0.05) is 19.0 Å². The smallest absolute Gasteiger partial charge is 0.311 e. The van der Waals surface area contributed by atoms with Crippen molar-refractivity contribution in [2.24, 2.45) is 5.92 Å². The summed E-state index contributed by atoms with van der Waals surface area (Å²) in [6, 6.07) is -0.00477. The largest absolute Gasteiger partial charge is 0.460 e. The molecule has 1 aliphatic heterocycles. The lowest BCUT2D eigenvalue weighted by atomic mass is 9.91. The molecule has 0 aromatic heterocycles. The van der Waals surface area contributed by atoms with Crippen LogP contribution >= 0.6 is 0 Å². The zero-order chi connectivity index (χ0) is 15.3. The van der Waals surface area contributed by atoms with Crippen LogP contribution in [0.3, 0.4) is 0 Å². The van der Waals surface area contributed by atoms with Gasteiger partial charge in [-0.2, -0.15) is 0 Å². The summed E-state index contributed by atoms with van der Waals surface area (Å²) in [5.41, 5.74) is -0.476. The third-order valence-electron chi connectivity index (χ3n) is 3.71. The first-order chi connectivity index (χ1) is 9.30. The van der Waals surface area contributed by atoms with Crippen molar-refractivity contribution in [3.8, 4) is 0 Å². The Morgan fingerprint density at radius 2 is 2.00 bits per heavy atom. The van der Waals surface area contributed by atoms with Gasteiger partial charge in [-0.25, -0.2) is 0 Å². The lowest BCUT2D eigenvalue weighted by Gasteiger charge is -2.34. The SMILES string of the molecule is CCC[C@H]([C@@H](CC)C(=O)OC(C)(C)C)N1CCCC1=O. The van der Waals surface area contributed by atoms with Crippen LogP contribution in [0.5, 0.6) is 0 Å². The Labute approximate surface area is 122 Å². The number of carbonyl (C=O) groups excluding carboxylic acids is 2. The van der Waals surface area contributed by atoms with Gasteiger partial charge in [-0.15, -0.1) is 0 Å². The van der Waals surface area contributed by atoms with Crippen LogP contribution in [0.1, 0.15) is 66.7 Å². The summed E-state index contributed by atoms with van der Waals surface area (Å²) in [6.45, 7) is 10.5. The van der Waals surface area contributed by atoms with E-state index in [4.69, 9.17) is 4.74 Å². The number of amides is 1. The summed E-state index contributed by atoms with van der Waals surface area (Å²) in [6.07, 6.45) is 4.06. The molecule has 4 nitrogen and oxygen atoms in total. The zero-order valence-corrected chi connectivity index (χ0v) is 13.6. The van der Waals surface area contributed by atoms with E-state index in [0.717, 1.165) is 25.8 Å². The van der Waals surface area contributed by atoms with Crippen molar-refractivity contribution in [2.75, 3.05) is 6.54 Å². The third kappa shape index (κ3) is 4.50. The number of likely N-dealkylation sites (tertiary alicyclic amines) is 1. The molecule has 1 aliphatic rings. The number of rotatable bonds is 6. The van der Waals surface area contributed by atoms with Crippen LogP contribution in [0.2, 0.25) is 0 Å². The molecular formula is C16H29NO3. The molecule has 0 N–H and O–H groups in total. The van der Waals surface area contributed by atoms with Crippen molar-refractivity contribution >= 4 is 11.9 Å². The molecule has 0 aliphatic carbocycles. The summed E-state index contributed by atoms with van der Waals surface area (Å²) >= 11 is 0. The van der Waals surface area contributed by atoms with Gasteiger partial charge in [0.2, 0.25) is 5.91 Å². The van der Waals surface area contributed by atoms with Crippen molar-refractivity contribution in [1.29, 1.82) is 0 Å². The van der Waals surface area contributed by atoms with E-state index < -0.39 is 5.60 Å². The molecule has 0 unspecified atom stereocenters. The van der Waals surface area contributed by atoms with Crippen LogP contribution < -0.4 is 0 Å². The minimum atomic E-state index is -0.476. The molecule has 20 heavy (non-hydrogen) atoms. The number of carbonyl (C=O) groups is 2. The quantitative estimate of drug-likeness (QED) is 0.704. The normalized spacial score (nSPS) is 19.1. The van der Waals surface area contributed by atoms with Gasteiger partial charge in [0.15, 0.2) is 0 Å². The standard InChI is InChI=1S/C16H29NO3/c1-6-9-13(17-11-8-10-14(17)18)12(7-2)15(19)20-16(3,4)5/h12-13H,6-11H2,1-5H3/t12-,13-/m1/s1. The Morgan fingerprint density at radius 1 is 1.35 bits per heavy atom. The lowest BCUT2D eigenvalue weighted by Crippen LogP contribution is -2.45. The van der Waals surface area contributed by atoms with Crippen LogP contribution in [0, 0.1) is 5.92 Å². The molecule has 0 spiro atoms. The van der Waals surface area contributed by atoms with Gasteiger partial charge < -0.3 is 9.64 Å². The van der Waals surface area contributed by atoms with Crippen molar-refractivity contribution < 1.29 is 14.3 Å². The second-order valence-electron chi connectivity index (χ2n) is 6.59. The Kier molecular flexibility index (Phi) is 6.03. The summed E-state index contributed by atoms with van der Waals surface area (Å²) in [5, 5.41) is 0. The molecule has 1 rings (SSSR count). The second-order valence-corrected chi connectivity index (χ2v) is 6.59. The number of esters is 1. The summed E-state index contributed by atoms with van der Waals surface area (Å²) in [4.78, 5) is 26.3. The highest BCUT2D eigenvalue weighted by molar-refractivity contribution is 5.80. The fourth-order valence-electron chi connectivity index (χ4n) is 2.86. The van der Waals surface area contributed by atoms with E-state index in [1.54, 1.807) is 0 Å². The molecule has 1 fully saturated rings. The van der Waals surface area contributed by atoms with E-state index in [9.17, 15) is 9.59 Å². The van der Waals surface area contributed by atoms with Crippen molar-refractivity contribution in [1.82, 2.24) is 4.90 Å². The zero-order valence-electron chi connectivity index (χ0n) is 13.6. The maximum Gasteiger partial charge on any atom is 0.311 e. The minimum absolute atomic E-state index is 0.00477. The van der Waals surface area contributed by atoms with E-state index >= 15 is 0 Å². The Hall–Kier alpha value is -1.06. The number of hydrogen-bond acceptors (Lipinski definition) is 3. The molecule has 0 radical (unpaired) electrons. The number of hydrogen-bond donors (Lipinski definition) is 0. The first-order valence-electron chi connectivity index (χ1n) is 7.82. The Bertz CT molecular complexity index is 346. The monoisotopic (exact) mass is 283 g/mol. The van der Waals surface area contributed by atoms with E-state index in [1.165, 1.54) is 0 Å². The van der Waals surface area contributed by atoms with Gasteiger partial charge in [0.25, 0.3) is 0 Å². The molecular weight excluding hydrogens is 254 g/mol. The first kappa shape index (κ1) is 17.0. The van der Waals surface area contributed by atoms with Gasteiger partial charge in [0.1, 0.15) is 5.60 Å². The highest BCUT2D eigenvalue weighted by Crippen LogP contribution is 2.27. The molecule has 116 valence electrons. The van der Waals surface area contributed by atoms with Crippen LogP contribution in [0.15, 0.2) is 0 Å². The highest BCUT2D eigenvalue weighted by Gasteiger charge is 2.37. The van der Waals surface area contributed by atoms with Crippen LogP contribution in [-0.2, 0) is 14.3 Å². The Morgan fingerprint density at radius 3 is 2.40 bits per heavy atom. The molecule has 2 atom stereocenters. The third-order valence-corrected chi connectivity index (χ3v) is 3.71. The van der Waals surface area contributed by atoms with Crippen LogP contribution in [-0.4, -0.2) is 35.0 Å². The molecule has 0 bridgehead atoms.